The van der Waals surface area contributed by atoms with E-state index in [4.69, 9.17) is 14.2 Å². The Balaban J connectivity index is 0.00000625. The molecule has 0 aliphatic carbocycles. The highest BCUT2D eigenvalue weighted by Gasteiger charge is 2.06. The molecule has 1 aromatic carbocycles. The van der Waals surface area contributed by atoms with Gasteiger partial charge in [-0.15, -0.1) is 24.0 Å². The number of methoxy groups -OCH3 is 3. The third-order valence-corrected chi connectivity index (χ3v) is 3.85. The maximum Gasteiger partial charge on any atom is 0.191 e. The number of rotatable bonds is 11. The molecule has 0 atom stereocenters. The predicted octanol–water partition coefficient (Wildman–Crippen LogP) is 1.96. The Bertz CT molecular complexity index is 529. The molecule has 0 aliphatic heterocycles. The maximum absolute atomic E-state index is 5.41. The lowest BCUT2D eigenvalue weighted by Crippen LogP contribution is -2.38. The number of guanidine groups is 1. The van der Waals surface area contributed by atoms with E-state index in [1.54, 1.807) is 28.4 Å². The van der Waals surface area contributed by atoms with Crippen LogP contribution in [0, 0.1) is 0 Å². The summed E-state index contributed by atoms with van der Waals surface area (Å²) in [5.74, 6) is 2.35. The van der Waals surface area contributed by atoms with Crippen molar-refractivity contribution in [1.29, 1.82) is 0 Å². The molecule has 0 amide bonds. The molecule has 0 fully saturated rings. The first-order valence-electron chi connectivity index (χ1n) is 8.47. The summed E-state index contributed by atoms with van der Waals surface area (Å²) in [6.07, 6.45) is 1.03. The summed E-state index contributed by atoms with van der Waals surface area (Å²) in [5, 5.41) is 6.63. The Kier molecular flexibility index (Phi) is 14.1. The van der Waals surface area contributed by atoms with Crippen LogP contribution in [0.15, 0.2) is 23.2 Å². The minimum Gasteiger partial charge on any atom is -0.497 e. The zero-order chi connectivity index (χ0) is 18.5. The maximum atomic E-state index is 5.41. The molecule has 0 saturated carbocycles. The molecule has 1 aromatic rings. The molecule has 0 aliphatic rings. The molecule has 2 N–H and O–H groups in total. The van der Waals surface area contributed by atoms with Crippen LogP contribution in [0.5, 0.6) is 11.5 Å². The van der Waals surface area contributed by atoms with Gasteiger partial charge in [-0.25, -0.2) is 0 Å². The predicted molar refractivity (Wildman–Crippen MR) is 117 cm³/mol. The van der Waals surface area contributed by atoms with Crippen molar-refractivity contribution >= 4 is 29.9 Å². The molecule has 0 saturated heterocycles. The minimum atomic E-state index is 0. The number of hydrogen-bond donors (Lipinski definition) is 2. The standard InChI is InChI=1S/C18H32N4O3.HI/c1-19-18(20-9-6-10-22(2)11-12-23-3)21-14-15-7-8-16(24-4)13-17(15)25-5;/h7-8,13H,6,9-12,14H2,1-5H3,(H2,19,20,21);1H. The summed E-state index contributed by atoms with van der Waals surface area (Å²) in [6.45, 7) is 4.20. The van der Waals surface area contributed by atoms with Gasteiger partial charge in [0.25, 0.3) is 0 Å². The van der Waals surface area contributed by atoms with Crippen LogP contribution in [-0.4, -0.2) is 72.5 Å². The minimum absolute atomic E-state index is 0. The van der Waals surface area contributed by atoms with E-state index in [0.717, 1.165) is 55.7 Å². The molecule has 8 heteroatoms. The fourth-order valence-corrected chi connectivity index (χ4v) is 2.31. The lowest BCUT2D eigenvalue weighted by atomic mass is 10.2. The van der Waals surface area contributed by atoms with Crippen LogP contribution in [-0.2, 0) is 11.3 Å². The normalized spacial score (nSPS) is 11.1. The van der Waals surface area contributed by atoms with E-state index in [9.17, 15) is 0 Å². The number of hydrogen-bond acceptors (Lipinski definition) is 5. The van der Waals surface area contributed by atoms with E-state index in [0.29, 0.717) is 6.54 Å². The summed E-state index contributed by atoms with van der Waals surface area (Å²) in [6, 6.07) is 5.79. The molecule has 0 heterocycles. The Morgan fingerprint density at radius 1 is 1.12 bits per heavy atom. The third-order valence-electron chi connectivity index (χ3n) is 3.85. The van der Waals surface area contributed by atoms with Crippen molar-refractivity contribution in [1.82, 2.24) is 15.5 Å². The molecule has 7 nitrogen and oxygen atoms in total. The van der Waals surface area contributed by atoms with Crippen LogP contribution in [0.2, 0.25) is 0 Å². The molecule has 150 valence electrons. The van der Waals surface area contributed by atoms with Crippen molar-refractivity contribution < 1.29 is 14.2 Å². The molecule has 0 unspecified atom stereocenters. The Morgan fingerprint density at radius 2 is 1.88 bits per heavy atom. The highest BCUT2D eigenvalue weighted by molar-refractivity contribution is 14.0. The van der Waals surface area contributed by atoms with Crippen LogP contribution in [0.4, 0.5) is 0 Å². The van der Waals surface area contributed by atoms with E-state index in [-0.39, 0.29) is 24.0 Å². The average molecular weight is 480 g/mol. The molecule has 0 radical (unpaired) electrons. The number of nitrogens with zero attached hydrogens (tertiary/aromatic N) is 2. The van der Waals surface area contributed by atoms with E-state index >= 15 is 0 Å². The van der Waals surface area contributed by atoms with Crippen LogP contribution in [0.3, 0.4) is 0 Å². The molecular formula is C18H33IN4O3. The van der Waals surface area contributed by atoms with Crippen molar-refractivity contribution in [3.8, 4) is 11.5 Å². The summed E-state index contributed by atoms with van der Waals surface area (Å²) in [5.41, 5.74) is 1.05. The summed E-state index contributed by atoms with van der Waals surface area (Å²) in [4.78, 5) is 6.51. The lowest BCUT2D eigenvalue weighted by Gasteiger charge is -2.17. The van der Waals surface area contributed by atoms with Crippen LogP contribution in [0.25, 0.3) is 0 Å². The number of ether oxygens (including phenoxy) is 3. The Morgan fingerprint density at radius 3 is 2.50 bits per heavy atom. The van der Waals surface area contributed by atoms with Gasteiger partial charge in [-0.2, -0.15) is 0 Å². The van der Waals surface area contributed by atoms with Gasteiger partial charge in [-0.05, 0) is 32.1 Å². The largest absolute Gasteiger partial charge is 0.497 e. The van der Waals surface area contributed by atoms with Gasteiger partial charge in [0.2, 0.25) is 0 Å². The second-order valence-electron chi connectivity index (χ2n) is 5.68. The number of nitrogens with one attached hydrogen (secondary N) is 2. The SMILES string of the molecule is CN=C(NCCCN(C)CCOC)NCc1ccc(OC)cc1OC.I. The third kappa shape index (κ3) is 9.44. The van der Waals surface area contributed by atoms with E-state index < -0.39 is 0 Å². The van der Waals surface area contributed by atoms with Crippen molar-refractivity contribution in [3.63, 3.8) is 0 Å². The lowest BCUT2D eigenvalue weighted by molar-refractivity contribution is 0.161. The average Bonchev–Trinajstić information content (AvgIpc) is 2.65. The fourth-order valence-electron chi connectivity index (χ4n) is 2.31. The molecule has 0 bridgehead atoms. The molecule has 0 aromatic heterocycles. The molecule has 1 rings (SSSR count). The van der Waals surface area contributed by atoms with Crippen LogP contribution in [0.1, 0.15) is 12.0 Å². The van der Waals surface area contributed by atoms with Crippen molar-refractivity contribution in [2.75, 3.05) is 61.7 Å². The molecule has 0 spiro atoms. The first-order chi connectivity index (χ1) is 12.1. The van der Waals surface area contributed by atoms with Crippen molar-refractivity contribution in [2.24, 2.45) is 4.99 Å². The van der Waals surface area contributed by atoms with E-state index in [1.807, 2.05) is 18.2 Å². The number of halogens is 1. The van der Waals surface area contributed by atoms with Gasteiger partial charge in [-0.1, -0.05) is 0 Å². The highest BCUT2D eigenvalue weighted by Crippen LogP contribution is 2.24. The first kappa shape index (κ1) is 24.7. The topological polar surface area (TPSA) is 67.4 Å². The van der Waals surface area contributed by atoms with Crippen molar-refractivity contribution in [2.45, 2.75) is 13.0 Å². The van der Waals surface area contributed by atoms with Gasteiger partial charge in [0.1, 0.15) is 11.5 Å². The summed E-state index contributed by atoms with van der Waals surface area (Å²) >= 11 is 0. The monoisotopic (exact) mass is 480 g/mol. The van der Waals surface area contributed by atoms with E-state index in [1.165, 1.54) is 0 Å². The smallest absolute Gasteiger partial charge is 0.191 e. The number of benzene rings is 1. The molecule has 26 heavy (non-hydrogen) atoms. The summed E-state index contributed by atoms with van der Waals surface area (Å²) in [7, 11) is 8.90. The van der Waals surface area contributed by atoms with Gasteiger partial charge in [-0.3, -0.25) is 4.99 Å². The fraction of sp³-hybridized carbons (Fsp3) is 0.611. The second-order valence-corrected chi connectivity index (χ2v) is 5.68. The number of aliphatic imine (C=N–C) groups is 1. The van der Waals surface area contributed by atoms with Gasteiger partial charge in [0, 0.05) is 45.4 Å². The zero-order valence-corrected chi connectivity index (χ0v) is 18.8. The summed E-state index contributed by atoms with van der Waals surface area (Å²) < 4.78 is 15.7. The highest BCUT2D eigenvalue weighted by atomic mass is 127. The van der Waals surface area contributed by atoms with Gasteiger partial charge < -0.3 is 29.7 Å². The van der Waals surface area contributed by atoms with E-state index in [2.05, 4.69) is 27.6 Å². The van der Waals surface area contributed by atoms with Gasteiger partial charge >= 0.3 is 0 Å². The number of likely N-dealkylation sites (N-methyl/N-ethyl adjacent to an activating group) is 1. The zero-order valence-electron chi connectivity index (χ0n) is 16.5. The second kappa shape index (κ2) is 14.9. The van der Waals surface area contributed by atoms with Crippen LogP contribution >= 0.6 is 24.0 Å². The van der Waals surface area contributed by atoms with Crippen molar-refractivity contribution in [3.05, 3.63) is 23.8 Å². The first-order valence-corrected chi connectivity index (χ1v) is 8.47. The Hall–Kier alpha value is -1.26. The van der Waals surface area contributed by atoms with Gasteiger partial charge in [0.15, 0.2) is 5.96 Å². The quantitative estimate of drug-likeness (QED) is 0.219. The van der Waals surface area contributed by atoms with Gasteiger partial charge in [0.05, 0.1) is 20.8 Å². The Labute approximate surface area is 174 Å². The van der Waals surface area contributed by atoms with Crippen LogP contribution < -0.4 is 20.1 Å². The molecular weight excluding hydrogens is 447 g/mol.